The summed E-state index contributed by atoms with van der Waals surface area (Å²) >= 11 is 1.61. The minimum Gasteiger partial charge on any atom is -0.364 e. The Balaban J connectivity index is 2.25. The van der Waals surface area contributed by atoms with Crippen LogP contribution in [0.3, 0.4) is 0 Å². The van der Waals surface area contributed by atoms with Crippen LogP contribution in [0.1, 0.15) is 57.7 Å². The molecule has 2 heterocycles. The minimum absolute atomic E-state index is 0.0175. The summed E-state index contributed by atoms with van der Waals surface area (Å²) in [5.41, 5.74) is 3.97. The Morgan fingerprint density at radius 3 is 2.55 bits per heavy atom. The first-order valence-electron chi connectivity index (χ1n) is 6.86. The molecule has 2 aromatic heterocycles. The molecule has 5 heteroatoms. The van der Waals surface area contributed by atoms with Crippen molar-refractivity contribution in [2.75, 3.05) is 5.32 Å². The van der Waals surface area contributed by atoms with E-state index in [1.165, 1.54) is 0 Å². The van der Waals surface area contributed by atoms with Crippen molar-refractivity contribution in [2.45, 2.75) is 52.5 Å². The van der Waals surface area contributed by atoms with Crippen molar-refractivity contribution < 1.29 is 0 Å². The first-order valence-corrected chi connectivity index (χ1v) is 7.81. The lowest BCUT2D eigenvalue weighted by atomic mass is 9.91. The highest BCUT2D eigenvalue weighted by atomic mass is 32.1. The van der Waals surface area contributed by atoms with E-state index in [-0.39, 0.29) is 5.41 Å². The zero-order valence-electron chi connectivity index (χ0n) is 12.8. The van der Waals surface area contributed by atoms with Gasteiger partial charge in [0.2, 0.25) is 0 Å². The molecule has 0 unspecified atom stereocenters. The largest absolute Gasteiger partial charge is 0.364 e. The smallest absolute Gasteiger partial charge is 0.133 e. The molecule has 0 saturated heterocycles. The lowest BCUT2D eigenvalue weighted by Gasteiger charge is -2.20. The lowest BCUT2D eigenvalue weighted by Crippen LogP contribution is -2.17. The van der Waals surface area contributed by atoms with E-state index < -0.39 is 0 Å². The van der Waals surface area contributed by atoms with Gasteiger partial charge in [-0.1, -0.05) is 34.6 Å². The van der Waals surface area contributed by atoms with Crippen molar-refractivity contribution >= 4 is 17.2 Å². The summed E-state index contributed by atoms with van der Waals surface area (Å²) in [5.74, 6) is 2.08. The average molecular weight is 290 g/mol. The Morgan fingerprint density at radius 2 is 2.00 bits per heavy atom. The molecule has 0 saturated carbocycles. The highest BCUT2D eigenvalue weighted by Gasteiger charge is 2.18. The first-order chi connectivity index (χ1) is 9.36. The first kappa shape index (κ1) is 14.9. The SMILES string of the molecule is CC(C)c1nc(NCc2cscn2)cc(C(C)(C)C)n1. The quantitative estimate of drug-likeness (QED) is 0.925. The Bertz CT molecular complexity index is 556. The third-order valence-electron chi connectivity index (χ3n) is 2.96. The van der Waals surface area contributed by atoms with E-state index in [1.54, 1.807) is 11.3 Å². The van der Waals surface area contributed by atoms with Gasteiger partial charge in [0.1, 0.15) is 11.6 Å². The molecule has 1 N–H and O–H groups in total. The summed E-state index contributed by atoms with van der Waals surface area (Å²) in [5, 5.41) is 5.39. The normalized spacial score (nSPS) is 11.9. The fourth-order valence-electron chi connectivity index (χ4n) is 1.70. The molecule has 0 aliphatic heterocycles. The molecule has 0 spiro atoms. The predicted octanol–water partition coefficient (Wildman–Crippen LogP) is 3.97. The summed E-state index contributed by atoms with van der Waals surface area (Å²) in [4.78, 5) is 13.6. The third-order valence-corrected chi connectivity index (χ3v) is 3.60. The molecular weight excluding hydrogens is 268 g/mol. The topological polar surface area (TPSA) is 50.7 Å². The van der Waals surface area contributed by atoms with Gasteiger partial charge in [0.05, 0.1) is 23.4 Å². The number of rotatable bonds is 4. The molecule has 0 fully saturated rings. The maximum absolute atomic E-state index is 4.68. The van der Waals surface area contributed by atoms with Crippen LogP contribution < -0.4 is 5.32 Å². The van der Waals surface area contributed by atoms with E-state index >= 15 is 0 Å². The fourth-order valence-corrected chi connectivity index (χ4v) is 2.26. The zero-order valence-corrected chi connectivity index (χ0v) is 13.6. The molecule has 0 radical (unpaired) electrons. The van der Waals surface area contributed by atoms with Crippen molar-refractivity contribution in [1.29, 1.82) is 0 Å². The summed E-state index contributed by atoms with van der Waals surface area (Å²) in [6.07, 6.45) is 0. The second-order valence-corrected chi connectivity index (χ2v) is 6.95. The standard InChI is InChI=1S/C15H22N4S/c1-10(2)14-18-12(15(3,4)5)6-13(19-14)16-7-11-8-20-9-17-11/h6,8-10H,7H2,1-5H3,(H,16,18,19). The maximum atomic E-state index is 4.68. The molecule has 108 valence electrons. The molecule has 2 aromatic rings. The molecule has 0 amide bonds. The van der Waals surface area contributed by atoms with Gasteiger partial charge in [-0.3, -0.25) is 0 Å². The van der Waals surface area contributed by atoms with E-state index in [0.29, 0.717) is 12.5 Å². The van der Waals surface area contributed by atoms with E-state index in [0.717, 1.165) is 23.0 Å². The van der Waals surface area contributed by atoms with Crippen molar-refractivity contribution in [2.24, 2.45) is 0 Å². The van der Waals surface area contributed by atoms with Crippen LogP contribution in [-0.2, 0) is 12.0 Å². The fraction of sp³-hybridized carbons (Fsp3) is 0.533. The van der Waals surface area contributed by atoms with Crippen molar-refractivity contribution in [3.8, 4) is 0 Å². The minimum atomic E-state index is 0.0175. The van der Waals surface area contributed by atoms with Gasteiger partial charge in [0.15, 0.2) is 0 Å². The monoisotopic (exact) mass is 290 g/mol. The lowest BCUT2D eigenvalue weighted by molar-refractivity contribution is 0.558. The number of nitrogens with one attached hydrogen (secondary N) is 1. The Kier molecular flexibility index (Phi) is 4.38. The summed E-state index contributed by atoms with van der Waals surface area (Å²) in [6, 6.07) is 2.04. The maximum Gasteiger partial charge on any atom is 0.133 e. The van der Waals surface area contributed by atoms with E-state index in [4.69, 9.17) is 0 Å². The van der Waals surface area contributed by atoms with Gasteiger partial charge in [-0.05, 0) is 0 Å². The van der Waals surface area contributed by atoms with Gasteiger partial charge in [0, 0.05) is 22.8 Å². The summed E-state index contributed by atoms with van der Waals surface area (Å²) in [6.45, 7) is 11.4. The van der Waals surface area contributed by atoms with Crippen LogP contribution in [0.5, 0.6) is 0 Å². The van der Waals surface area contributed by atoms with Gasteiger partial charge in [-0.2, -0.15) is 0 Å². The van der Waals surface area contributed by atoms with Gasteiger partial charge < -0.3 is 5.32 Å². The molecule has 0 aliphatic rings. The second kappa shape index (κ2) is 5.87. The Morgan fingerprint density at radius 1 is 1.25 bits per heavy atom. The van der Waals surface area contributed by atoms with Gasteiger partial charge in [0.25, 0.3) is 0 Å². The summed E-state index contributed by atoms with van der Waals surface area (Å²) in [7, 11) is 0. The van der Waals surface area contributed by atoms with E-state index in [9.17, 15) is 0 Å². The van der Waals surface area contributed by atoms with Crippen LogP contribution in [-0.4, -0.2) is 15.0 Å². The molecule has 4 nitrogen and oxygen atoms in total. The highest BCUT2D eigenvalue weighted by molar-refractivity contribution is 7.07. The molecule has 0 bridgehead atoms. The average Bonchev–Trinajstić information content (AvgIpc) is 2.88. The van der Waals surface area contributed by atoms with Crippen LogP contribution in [0.2, 0.25) is 0 Å². The van der Waals surface area contributed by atoms with Crippen molar-refractivity contribution in [3.63, 3.8) is 0 Å². The van der Waals surface area contributed by atoms with Crippen molar-refractivity contribution in [1.82, 2.24) is 15.0 Å². The molecule has 2 rings (SSSR count). The summed E-state index contributed by atoms with van der Waals surface area (Å²) < 4.78 is 0. The van der Waals surface area contributed by atoms with E-state index in [1.807, 2.05) is 17.0 Å². The number of hydrogen-bond donors (Lipinski definition) is 1. The van der Waals surface area contributed by atoms with Crippen LogP contribution in [0.25, 0.3) is 0 Å². The molecule has 0 atom stereocenters. The molecular formula is C15H22N4S. The highest BCUT2D eigenvalue weighted by Crippen LogP contribution is 2.24. The molecule has 0 aromatic carbocycles. The van der Waals surface area contributed by atoms with Crippen LogP contribution in [0.4, 0.5) is 5.82 Å². The Hall–Kier alpha value is -1.49. The van der Waals surface area contributed by atoms with E-state index in [2.05, 4.69) is 54.9 Å². The van der Waals surface area contributed by atoms with Gasteiger partial charge in [-0.15, -0.1) is 11.3 Å². The van der Waals surface area contributed by atoms with Crippen LogP contribution in [0, 0.1) is 0 Å². The van der Waals surface area contributed by atoms with Gasteiger partial charge >= 0.3 is 0 Å². The number of thiazole rings is 1. The number of aromatic nitrogens is 3. The van der Waals surface area contributed by atoms with Crippen molar-refractivity contribution in [3.05, 3.63) is 34.2 Å². The molecule has 0 aliphatic carbocycles. The molecule has 20 heavy (non-hydrogen) atoms. The third kappa shape index (κ3) is 3.76. The van der Waals surface area contributed by atoms with Gasteiger partial charge in [-0.25, -0.2) is 15.0 Å². The number of nitrogens with zero attached hydrogens (tertiary/aromatic N) is 3. The number of anilines is 1. The second-order valence-electron chi connectivity index (χ2n) is 6.23. The van der Waals surface area contributed by atoms with Crippen LogP contribution >= 0.6 is 11.3 Å². The predicted molar refractivity (Wildman–Crippen MR) is 84.3 cm³/mol. The number of hydrogen-bond acceptors (Lipinski definition) is 5. The zero-order chi connectivity index (χ0) is 14.8. The Labute approximate surface area is 124 Å². The van der Waals surface area contributed by atoms with Crippen LogP contribution in [0.15, 0.2) is 17.0 Å².